The first-order valence-corrected chi connectivity index (χ1v) is 6.04. The molecule has 0 aliphatic carbocycles. The normalized spacial score (nSPS) is 10.8. The molecule has 1 aromatic carbocycles. The molecule has 3 aromatic rings. The zero-order chi connectivity index (χ0) is 14.1. The van der Waals surface area contributed by atoms with Gasteiger partial charge in [-0.15, -0.1) is 0 Å². The predicted molar refractivity (Wildman–Crippen MR) is 70.2 cm³/mol. The highest BCUT2D eigenvalue weighted by Crippen LogP contribution is 2.23. The fourth-order valence-electron chi connectivity index (χ4n) is 1.84. The summed E-state index contributed by atoms with van der Waals surface area (Å²) in [5.74, 6) is 1.13. The Morgan fingerprint density at radius 1 is 1.05 bits per heavy atom. The number of benzene rings is 1. The molecule has 6 heteroatoms. The minimum absolute atomic E-state index is 0.305. The van der Waals surface area contributed by atoms with E-state index in [2.05, 4.69) is 20.1 Å². The maximum Gasteiger partial charge on any atom is 0.261 e. The Kier molecular flexibility index (Phi) is 2.98. The summed E-state index contributed by atoms with van der Waals surface area (Å²) in [5, 5.41) is 3.89. The van der Waals surface area contributed by atoms with Crippen LogP contribution < -0.4 is 0 Å². The molecule has 100 valence electrons. The highest BCUT2D eigenvalue weighted by molar-refractivity contribution is 5.60. The summed E-state index contributed by atoms with van der Waals surface area (Å²) in [5.41, 5.74) is 2.15. The Bertz CT molecular complexity index is 752. The van der Waals surface area contributed by atoms with E-state index in [-0.39, 0.29) is 5.82 Å². The molecular formula is C14H11FN4O. The van der Waals surface area contributed by atoms with Crippen molar-refractivity contribution < 1.29 is 8.91 Å². The first kappa shape index (κ1) is 12.4. The third-order valence-electron chi connectivity index (χ3n) is 2.86. The zero-order valence-electron chi connectivity index (χ0n) is 11.0. The molecule has 0 unspecified atom stereocenters. The van der Waals surface area contributed by atoms with Crippen LogP contribution in [0.2, 0.25) is 0 Å². The van der Waals surface area contributed by atoms with Gasteiger partial charge in [0.2, 0.25) is 5.82 Å². The van der Waals surface area contributed by atoms with Crippen LogP contribution in [0.15, 0.2) is 35.0 Å². The van der Waals surface area contributed by atoms with E-state index in [1.165, 1.54) is 12.1 Å². The third-order valence-corrected chi connectivity index (χ3v) is 2.86. The molecule has 0 aliphatic heterocycles. The molecule has 0 bridgehead atoms. The van der Waals surface area contributed by atoms with Gasteiger partial charge in [0, 0.05) is 11.8 Å². The van der Waals surface area contributed by atoms with E-state index < -0.39 is 0 Å². The van der Waals surface area contributed by atoms with Gasteiger partial charge in [-0.1, -0.05) is 5.16 Å². The molecule has 0 N–H and O–H groups in total. The summed E-state index contributed by atoms with van der Waals surface area (Å²) >= 11 is 0. The highest BCUT2D eigenvalue weighted by atomic mass is 19.1. The summed E-state index contributed by atoms with van der Waals surface area (Å²) < 4.78 is 18.1. The van der Waals surface area contributed by atoms with Crippen molar-refractivity contribution in [2.24, 2.45) is 0 Å². The van der Waals surface area contributed by atoms with Crippen LogP contribution in [-0.4, -0.2) is 20.1 Å². The molecule has 0 radical (unpaired) electrons. The number of hydrogen-bond donors (Lipinski definition) is 0. The van der Waals surface area contributed by atoms with Crippen molar-refractivity contribution in [1.82, 2.24) is 20.1 Å². The van der Waals surface area contributed by atoms with E-state index in [1.807, 2.05) is 13.8 Å². The topological polar surface area (TPSA) is 64.7 Å². The molecular weight excluding hydrogens is 259 g/mol. The molecule has 0 amide bonds. The largest absolute Gasteiger partial charge is 0.333 e. The Morgan fingerprint density at radius 3 is 2.50 bits per heavy atom. The molecule has 2 heterocycles. The van der Waals surface area contributed by atoms with Crippen molar-refractivity contribution in [2.75, 3.05) is 0 Å². The molecule has 0 atom stereocenters. The standard InChI is InChI=1S/C14H11FN4O/c1-8-12(7-16-9(2)17-8)14-18-13(19-20-14)10-3-5-11(15)6-4-10/h3-7H,1-2H3. The molecule has 0 spiro atoms. The molecule has 5 nitrogen and oxygen atoms in total. The number of rotatable bonds is 2. The molecule has 0 fully saturated rings. The SMILES string of the molecule is Cc1ncc(-c2nc(-c3ccc(F)cc3)no2)c(C)n1. The summed E-state index contributed by atoms with van der Waals surface area (Å²) in [6.07, 6.45) is 1.65. The Balaban J connectivity index is 1.99. The highest BCUT2D eigenvalue weighted by Gasteiger charge is 2.13. The first-order valence-electron chi connectivity index (χ1n) is 6.04. The second kappa shape index (κ2) is 4.80. The molecule has 0 aliphatic rings. The van der Waals surface area contributed by atoms with Gasteiger partial charge in [-0.3, -0.25) is 0 Å². The van der Waals surface area contributed by atoms with Gasteiger partial charge in [0.05, 0.1) is 11.3 Å². The fourth-order valence-corrected chi connectivity index (χ4v) is 1.84. The summed E-state index contributed by atoms with van der Waals surface area (Å²) in [6.45, 7) is 3.67. The minimum Gasteiger partial charge on any atom is -0.333 e. The summed E-state index contributed by atoms with van der Waals surface area (Å²) in [4.78, 5) is 12.7. The van der Waals surface area contributed by atoms with Gasteiger partial charge >= 0.3 is 0 Å². The van der Waals surface area contributed by atoms with Crippen LogP contribution in [0.1, 0.15) is 11.5 Å². The van der Waals surface area contributed by atoms with Crippen LogP contribution in [0.4, 0.5) is 4.39 Å². The predicted octanol–water partition coefficient (Wildman–Crippen LogP) is 2.95. The van der Waals surface area contributed by atoms with Crippen molar-refractivity contribution in [2.45, 2.75) is 13.8 Å². The van der Waals surface area contributed by atoms with Gasteiger partial charge in [0.25, 0.3) is 5.89 Å². The maximum absolute atomic E-state index is 12.9. The van der Waals surface area contributed by atoms with Gasteiger partial charge in [0.1, 0.15) is 11.6 Å². The maximum atomic E-state index is 12.9. The molecule has 0 saturated heterocycles. The van der Waals surface area contributed by atoms with Crippen molar-refractivity contribution >= 4 is 0 Å². The van der Waals surface area contributed by atoms with E-state index >= 15 is 0 Å². The third kappa shape index (κ3) is 2.27. The monoisotopic (exact) mass is 270 g/mol. The lowest BCUT2D eigenvalue weighted by Crippen LogP contribution is -1.94. The zero-order valence-corrected chi connectivity index (χ0v) is 11.0. The molecule has 3 rings (SSSR count). The van der Waals surface area contributed by atoms with Gasteiger partial charge in [0.15, 0.2) is 0 Å². The van der Waals surface area contributed by atoms with Crippen molar-refractivity contribution in [3.63, 3.8) is 0 Å². The fraction of sp³-hybridized carbons (Fsp3) is 0.143. The van der Waals surface area contributed by atoms with Gasteiger partial charge in [-0.25, -0.2) is 14.4 Å². The number of halogens is 1. The Labute approximate surface area is 114 Å². The van der Waals surface area contributed by atoms with Crippen LogP contribution in [0, 0.1) is 19.7 Å². The van der Waals surface area contributed by atoms with Gasteiger partial charge < -0.3 is 4.52 Å². The number of aryl methyl sites for hydroxylation is 2. The van der Waals surface area contributed by atoms with Gasteiger partial charge in [-0.2, -0.15) is 4.98 Å². The number of nitrogens with zero attached hydrogens (tertiary/aromatic N) is 4. The van der Waals surface area contributed by atoms with Crippen LogP contribution in [0.25, 0.3) is 22.8 Å². The van der Waals surface area contributed by atoms with E-state index in [0.29, 0.717) is 28.7 Å². The van der Waals surface area contributed by atoms with Crippen LogP contribution >= 0.6 is 0 Å². The number of aromatic nitrogens is 4. The molecule has 20 heavy (non-hydrogen) atoms. The lowest BCUT2D eigenvalue weighted by molar-refractivity contribution is 0.431. The summed E-state index contributed by atoms with van der Waals surface area (Å²) in [7, 11) is 0. The van der Waals surface area contributed by atoms with Gasteiger partial charge in [-0.05, 0) is 38.1 Å². The lowest BCUT2D eigenvalue weighted by atomic mass is 10.2. The average Bonchev–Trinajstić information content (AvgIpc) is 2.89. The van der Waals surface area contributed by atoms with E-state index in [4.69, 9.17) is 4.52 Å². The number of hydrogen-bond acceptors (Lipinski definition) is 5. The molecule has 2 aromatic heterocycles. The smallest absolute Gasteiger partial charge is 0.261 e. The van der Waals surface area contributed by atoms with Crippen LogP contribution in [-0.2, 0) is 0 Å². The minimum atomic E-state index is -0.305. The van der Waals surface area contributed by atoms with E-state index in [0.717, 1.165) is 5.69 Å². The van der Waals surface area contributed by atoms with Crippen molar-refractivity contribution in [3.05, 3.63) is 47.8 Å². The lowest BCUT2D eigenvalue weighted by Gasteiger charge is -1.99. The summed E-state index contributed by atoms with van der Waals surface area (Å²) in [6, 6.07) is 5.90. The average molecular weight is 270 g/mol. The van der Waals surface area contributed by atoms with Crippen molar-refractivity contribution in [3.8, 4) is 22.8 Å². The van der Waals surface area contributed by atoms with E-state index in [1.54, 1.807) is 18.3 Å². The van der Waals surface area contributed by atoms with Crippen molar-refractivity contribution in [1.29, 1.82) is 0 Å². The second-order valence-electron chi connectivity index (χ2n) is 4.35. The van der Waals surface area contributed by atoms with Crippen LogP contribution in [0.3, 0.4) is 0 Å². The van der Waals surface area contributed by atoms with E-state index in [9.17, 15) is 4.39 Å². The molecule has 0 saturated carbocycles. The first-order chi connectivity index (χ1) is 9.63. The van der Waals surface area contributed by atoms with Crippen LogP contribution in [0.5, 0.6) is 0 Å². The quantitative estimate of drug-likeness (QED) is 0.716. The Hall–Kier alpha value is -2.63. The Morgan fingerprint density at radius 2 is 1.80 bits per heavy atom. The second-order valence-corrected chi connectivity index (χ2v) is 4.35.